The van der Waals surface area contributed by atoms with Gasteiger partial charge in [-0.25, -0.2) is 4.68 Å². The van der Waals surface area contributed by atoms with E-state index in [1.165, 1.54) is 0 Å². The molecular weight excluding hydrogens is 302 g/mol. The van der Waals surface area contributed by atoms with Crippen molar-refractivity contribution in [2.45, 2.75) is 13.0 Å². The summed E-state index contributed by atoms with van der Waals surface area (Å²) >= 11 is 0. The minimum absolute atomic E-state index is 0.0660. The van der Waals surface area contributed by atoms with Crippen molar-refractivity contribution in [1.29, 1.82) is 0 Å². The number of pyridine rings is 1. The molecule has 0 fully saturated rings. The maximum absolute atomic E-state index is 11.9. The molecule has 3 aromatic rings. The highest BCUT2D eigenvalue weighted by Gasteiger charge is 2.08. The third-order valence-electron chi connectivity index (χ3n) is 3.68. The number of hydrogen-bond acceptors (Lipinski definition) is 4. The van der Waals surface area contributed by atoms with Gasteiger partial charge in [-0.05, 0) is 42.8 Å². The van der Waals surface area contributed by atoms with Crippen molar-refractivity contribution in [3.05, 3.63) is 72.8 Å². The van der Waals surface area contributed by atoms with Gasteiger partial charge in [-0.3, -0.25) is 9.78 Å². The topological polar surface area (TPSA) is 71.8 Å². The molecule has 0 saturated heterocycles. The van der Waals surface area contributed by atoms with Crippen molar-refractivity contribution in [2.24, 2.45) is 0 Å². The highest BCUT2D eigenvalue weighted by molar-refractivity contribution is 5.92. The average Bonchev–Trinajstić information content (AvgIpc) is 3.15. The SMILES string of the molecule is CC(NCC(=O)Nc1cccnc1)c1ccc(-n2cccn2)cc1. The van der Waals surface area contributed by atoms with E-state index >= 15 is 0 Å². The van der Waals surface area contributed by atoms with E-state index in [-0.39, 0.29) is 18.5 Å². The van der Waals surface area contributed by atoms with Gasteiger partial charge in [0.15, 0.2) is 0 Å². The Labute approximate surface area is 140 Å². The Morgan fingerprint density at radius 3 is 2.67 bits per heavy atom. The fraction of sp³-hybridized carbons (Fsp3) is 0.167. The Morgan fingerprint density at radius 1 is 1.17 bits per heavy atom. The maximum atomic E-state index is 11.9. The molecule has 0 saturated carbocycles. The third-order valence-corrected chi connectivity index (χ3v) is 3.68. The first-order valence-electron chi connectivity index (χ1n) is 7.75. The molecule has 24 heavy (non-hydrogen) atoms. The van der Waals surface area contributed by atoms with E-state index in [2.05, 4.69) is 20.7 Å². The molecule has 122 valence electrons. The zero-order chi connectivity index (χ0) is 16.8. The predicted octanol–water partition coefficient (Wildman–Crippen LogP) is 2.56. The second kappa shape index (κ2) is 7.52. The minimum Gasteiger partial charge on any atom is -0.324 e. The van der Waals surface area contributed by atoms with E-state index in [9.17, 15) is 4.79 Å². The normalized spacial score (nSPS) is 11.9. The van der Waals surface area contributed by atoms with Gasteiger partial charge in [0.25, 0.3) is 0 Å². The molecule has 0 radical (unpaired) electrons. The standard InChI is InChI=1S/C18H19N5O/c1-14(20-13-18(24)22-16-4-2-9-19-12-16)15-5-7-17(8-6-15)23-11-3-10-21-23/h2-12,14,20H,13H2,1H3,(H,22,24). The number of hydrogen-bond donors (Lipinski definition) is 2. The second-order valence-corrected chi connectivity index (χ2v) is 5.43. The third kappa shape index (κ3) is 4.05. The largest absolute Gasteiger partial charge is 0.324 e. The Hall–Kier alpha value is -2.99. The lowest BCUT2D eigenvalue weighted by atomic mass is 10.1. The van der Waals surface area contributed by atoms with Gasteiger partial charge in [0.05, 0.1) is 24.1 Å². The second-order valence-electron chi connectivity index (χ2n) is 5.43. The summed E-state index contributed by atoms with van der Waals surface area (Å²) in [6.07, 6.45) is 6.94. The quantitative estimate of drug-likeness (QED) is 0.732. The summed E-state index contributed by atoms with van der Waals surface area (Å²) in [4.78, 5) is 15.9. The van der Waals surface area contributed by atoms with Crippen LogP contribution in [0.1, 0.15) is 18.5 Å². The molecule has 0 spiro atoms. The van der Waals surface area contributed by atoms with Crippen LogP contribution in [0.15, 0.2) is 67.3 Å². The van der Waals surface area contributed by atoms with Gasteiger partial charge in [-0.1, -0.05) is 12.1 Å². The van der Waals surface area contributed by atoms with Crippen molar-refractivity contribution in [3.63, 3.8) is 0 Å². The first-order valence-corrected chi connectivity index (χ1v) is 7.75. The molecule has 1 atom stereocenters. The van der Waals surface area contributed by atoms with Crippen LogP contribution < -0.4 is 10.6 Å². The minimum atomic E-state index is -0.0944. The van der Waals surface area contributed by atoms with Gasteiger partial charge in [0, 0.05) is 24.6 Å². The molecule has 0 aliphatic heterocycles. The monoisotopic (exact) mass is 321 g/mol. The number of carbonyl (C=O) groups is 1. The smallest absolute Gasteiger partial charge is 0.238 e. The molecule has 0 aliphatic rings. The lowest BCUT2D eigenvalue weighted by Gasteiger charge is -2.14. The number of nitrogens with zero attached hydrogens (tertiary/aromatic N) is 3. The van der Waals surface area contributed by atoms with Crippen LogP contribution in [0.5, 0.6) is 0 Å². The summed E-state index contributed by atoms with van der Waals surface area (Å²) in [5, 5.41) is 10.2. The van der Waals surface area contributed by atoms with E-state index < -0.39 is 0 Å². The van der Waals surface area contributed by atoms with Crippen molar-refractivity contribution in [2.75, 3.05) is 11.9 Å². The van der Waals surface area contributed by atoms with Crippen molar-refractivity contribution in [1.82, 2.24) is 20.1 Å². The number of amides is 1. The van der Waals surface area contributed by atoms with Crippen molar-refractivity contribution < 1.29 is 4.79 Å². The maximum Gasteiger partial charge on any atom is 0.238 e. The Kier molecular flexibility index (Phi) is 4.98. The molecule has 1 amide bonds. The molecule has 3 rings (SSSR count). The summed E-state index contributed by atoms with van der Waals surface area (Å²) in [7, 11) is 0. The molecular formula is C18H19N5O. The van der Waals surface area contributed by atoms with Crippen LogP contribution in [0.4, 0.5) is 5.69 Å². The van der Waals surface area contributed by atoms with Crippen LogP contribution in [-0.4, -0.2) is 27.2 Å². The predicted molar refractivity (Wildman–Crippen MR) is 92.8 cm³/mol. The molecule has 2 N–H and O–H groups in total. The fourth-order valence-corrected chi connectivity index (χ4v) is 2.34. The summed E-state index contributed by atoms with van der Waals surface area (Å²) in [6, 6.07) is 13.6. The summed E-state index contributed by atoms with van der Waals surface area (Å²) in [5.41, 5.74) is 2.81. The van der Waals surface area contributed by atoms with Crippen LogP contribution in [0.3, 0.4) is 0 Å². The van der Waals surface area contributed by atoms with E-state index in [0.717, 1.165) is 11.3 Å². The number of benzene rings is 1. The Morgan fingerprint density at radius 2 is 2.00 bits per heavy atom. The van der Waals surface area contributed by atoms with Gasteiger partial charge in [-0.15, -0.1) is 0 Å². The zero-order valence-electron chi connectivity index (χ0n) is 13.4. The average molecular weight is 321 g/mol. The number of rotatable bonds is 6. The Balaban J connectivity index is 1.53. The fourth-order valence-electron chi connectivity index (χ4n) is 2.34. The van der Waals surface area contributed by atoms with Crippen LogP contribution in [0.25, 0.3) is 5.69 Å². The van der Waals surface area contributed by atoms with Crippen LogP contribution >= 0.6 is 0 Å². The van der Waals surface area contributed by atoms with Crippen LogP contribution in [-0.2, 0) is 4.79 Å². The van der Waals surface area contributed by atoms with E-state index in [4.69, 9.17) is 0 Å². The van der Waals surface area contributed by atoms with Gasteiger partial charge >= 0.3 is 0 Å². The lowest BCUT2D eigenvalue weighted by Crippen LogP contribution is -2.30. The van der Waals surface area contributed by atoms with Crippen LogP contribution in [0.2, 0.25) is 0 Å². The number of aromatic nitrogens is 3. The highest BCUT2D eigenvalue weighted by atomic mass is 16.1. The molecule has 2 heterocycles. The number of nitrogens with one attached hydrogen (secondary N) is 2. The van der Waals surface area contributed by atoms with E-state index in [0.29, 0.717) is 5.69 Å². The van der Waals surface area contributed by atoms with Gasteiger partial charge in [-0.2, -0.15) is 5.10 Å². The van der Waals surface area contributed by atoms with E-state index in [1.807, 2.05) is 54.2 Å². The highest BCUT2D eigenvalue weighted by Crippen LogP contribution is 2.15. The van der Waals surface area contributed by atoms with Gasteiger partial charge < -0.3 is 10.6 Å². The summed E-state index contributed by atoms with van der Waals surface area (Å²) < 4.78 is 1.81. The Bertz CT molecular complexity index is 769. The molecule has 6 nitrogen and oxygen atoms in total. The van der Waals surface area contributed by atoms with Crippen LogP contribution in [0, 0.1) is 0 Å². The van der Waals surface area contributed by atoms with Gasteiger partial charge in [0.1, 0.15) is 0 Å². The molecule has 1 unspecified atom stereocenters. The zero-order valence-corrected chi connectivity index (χ0v) is 13.4. The molecule has 2 aromatic heterocycles. The summed E-state index contributed by atoms with van der Waals surface area (Å²) in [5.74, 6) is -0.0944. The molecule has 6 heteroatoms. The van der Waals surface area contributed by atoms with Crippen molar-refractivity contribution >= 4 is 11.6 Å². The van der Waals surface area contributed by atoms with Crippen molar-refractivity contribution in [3.8, 4) is 5.69 Å². The van der Waals surface area contributed by atoms with E-state index in [1.54, 1.807) is 24.7 Å². The van der Waals surface area contributed by atoms with Gasteiger partial charge in [0.2, 0.25) is 5.91 Å². The number of anilines is 1. The lowest BCUT2D eigenvalue weighted by molar-refractivity contribution is -0.115. The first-order chi connectivity index (χ1) is 11.7. The first kappa shape index (κ1) is 15.9. The summed E-state index contributed by atoms with van der Waals surface area (Å²) in [6.45, 7) is 2.26. The number of carbonyl (C=O) groups excluding carboxylic acids is 1. The molecule has 1 aromatic carbocycles. The molecule has 0 aliphatic carbocycles. The molecule has 0 bridgehead atoms.